The summed E-state index contributed by atoms with van der Waals surface area (Å²) in [5, 5.41) is 3.36. The molecule has 1 heterocycles. The zero-order valence-electron chi connectivity index (χ0n) is 11.0. The van der Waals surface area contributed by atoms with Crippen LogP contribution in [-0.2, 0) is 0 Å². The van der Waals surface area contributed by atoms with Crippen molar-refractivity contribution in [3.63, 3.8) is 0 Å². The van der Waals surface area contributed by atoms with E-state index in [-0.39, 0.29) is 11.5 Å². The minimum atomic E-state index is -0.467. The number of nitrogens with one attached hydrogen (secondary N) is 1. The van der Waals surface area contributed by atoms with Crippen LogP contribution in [0.2, 0.25) is 0 Å². The summed E-state index contributed by atoms with van der Waals surface area (Å²) in [5.41, 5.74) is 0.134. The second-order valence-electron chi connectivity index (χ2n) is 4.76. The molecule has 1 aliphatic rings. The summed E-state index contributed by atoms with van der Waals surface area (Å²) in [7, 11) is 0. The van der Waals surface area contributed by atoms with E-state index in [1.807, 2.05) is 6.92 Å². The van der Waals surface area contributed by atoms with E-state index in [0.717, 1.165) is 19.4 Å². The van der Waals surface area contributed by atoms with E-state index in [4.69, 9.17) is 0 Å². The van der Waals surface area contributed by atoms with E-state index in [9.17, 15) is 9.18 Å². The van der Waals surface area contributed by atoms with Gasteiger partial charge >= 0.3 is 0 Å². The second-order valence-corrected chi connectivity index (χ2v) is 5.68. The van der Waals surface area contributed by atoms with Crippen molar-refractivity contribution in [2.45, 2.75) is 25.8 Å². The Hall–Kier alpha value is -0.940. The number of hydrogen-bond acceptors (Lipinski definition) is 2. The molecule has 1 atom stereocenters. The van der Waals surface area contributed by atoms with E-state index in [0.29, 0.717) is 23.6 Å². The van der Waals surface area contributed by atoms with Crippen molar-refractivity contribution < 1.29 is 9.18 Å². The Morgan fingerprint density at radius 3 is 3.00 bits per heavy atom. The van der Waals surface area contributed by atoms with Gasteiger partial charge in [-0.15, -0.1) is 0 Å². The topological polar surface area (TPSA) is 32.3 Å². The van der Waals surface area contributed by atoms with Gasteiger partial charge in [-0.2, -0.15) is 0 Å². The predicted octanol–water partition coefficient (Wildman–Crippen LogP) is 2.80. The number of likely N-dealkylation sites (N-methyl/N-ethyl adjacent to an activating group) is 1. The van der Waals surface area contributed by atoms with Crippen LogP contribution in [0.4, 0.5) is 4.39 Å². The number of rotatable bonds is 4. The van der Waals surface area contributed by atoms with E-state index >= 15 is 0 Å². The molecule has 1 amide bonds. The van der Waals surface area contributed by atoms with Crippen molar-refractivity contribution in [2.24, 2.45) is 0 Å². The standard InChI is InChI=1S/C14H18BrFN2O/c1-2-18(9-11-4-3-7-17-11)14(19)12-8-10(15)5-6-13(12)16/h5-6,8,11,17H,2-4,7,9H2,1H3. The summed E-state index contributed by atoms with van der Waals surface area (Å²) < 4.78 is 14.5. The first kappa shape index (κ1) is 14.5. The van der Waals surface area contributed by atoms with E-state index in [2.05, 4.69) is 21.2 Å². The normalized spacial score (nSPS) is 18.6. The zero-order valence-corrected chi connectivity index (χ0v) is 12.5. The maximum absolute atomic E-state index is 13.7. The van der Waals surface area contributed by atoms with Crippen LogP contribution < -0.4 is 5.32 Å². The Labute approximate surface area is 121 Å². The third-order valence-electron chi connectivity index (χ3n) is 3.43. The number of carbonyl (C=O) groups is 1. The fourth-order valence-electron chi connectivity index (χ4n) is 2.37. The van der Waals surface area contributed by atoms with Crippen molar-refractivity contribution in [3.8, 4) is 0 Å². The molecule has 1 aromatic rings. The number of halogens is 2. The molecule has 1 saturated heterocycles. The van der Waals surface area contributed by atoms with E-state index in [1.165, 1.54) is 6.07 Å². The first-order valence-electron chi connectivity index (χ1n) is 6.59. The molecule has 0 aliphatic carbocycles. The highest BCUT2D eigenvalue weighted by Gasteiger charge is 2.23. The molecule has 1 aromatic carbocycles. The van der Waals surface area contributed by atoms with Gasteiger partial charge in [0.2, 0.25) is 0 Å². The molecule has 1 aliphatic heterocycles. The number of amides is 1. The molecule has 104 valence electrons. The molecule has 5 heteroatoms. The summed E-state index contributed by atoms with van der Waals surface area (Å²) in [6.45, 7) is 4.15. The van der Waals surface area contributed by atoms with Crippen molar-refractivity contribution in [1.29, 1.82) is 0 Å². The molecule has 3 nitrogen and oxygen atoms in total. The van der Waals surface area contributed by atoms with Crippen LogP contribution in [0, 0.1) is 5.82 Å². The number of carbonyl (C=O) groups excluding carboxylic acids is 1. The van der Waals surface area contributed by atoms with E-state index in [1.54, 1.807) is 17.0 Å². The highest BCUT2D eigenvalue weighted by Crippen LogP contribution is 2.18. The van der Waals surface area contributed by atoms with Crippen LogP contribution >= 0.6 is 15.9 Å². The smallest absolute Gasteiger partial charge is 0.256 e. The molecule has 2 rings (SSSR count). The molecule has 19 heavy (non-hydrogen) atoms. The average molecular weight is 329 g/mol. The molecule has 0 saturated carbocycles. The first-order chi connectivity index (χ1) is 9.11. The lowest BCUT2D eigenvalue weighted by atomic mass is 10.1. The van der Waals surface area contributed by atoms with Crippen LogP contribution in [0.25, 0.3) is 0 Å². The van der Waals surface area contributed by atoms with Gasteiger partial charge in [0, 0.05) is 23.6 Å². The van der Waals surface area contributed by atoms with Crippen LogP contribution in [0.15, 0.2) is 22.7 Å². The minimum absolute atomic E-state index is 0.134. The van der Waals surface area contributed by atoms with Crippen molar-refractivity contribution in [2.75, 3.05) is 19.6 Å². The van der Waals surface area contributed by atoms with Gasteiger partial charge < -0.3 is 10.2 Å². The largest absolute Gasteiger partial charge is 0.337 e. The van der Waals surface area contributed by atoms with Gasteiger partial charge in [-0.25, -0.2) is 4.39 Å². The molecule has 0 spiro atoms. The Kier molecular flexibility index (Phi) is 4.93. The molecule has 1 N–H and O–H groups in total. The predicted molar refractivity (Wildman–Crippen MR) is 76.7 cm³/mol. The molecular weight excluding hydrogens is 311 g/mol. The Balaban J connectivity index is 2.12. The van der Waals surface area contributed by atoms with Gasteiger partial charge in [-0.3, -0.25) is 4.79 Å². The third kappa shape index (κ3) is 3.54. The van der Waals surface area contributed by atoms with Gasteiger partial charge in [0.05, 0.1) is 5.56 Å². The van der Waals surface area contributed by atoms with Gasteiger partial charge in [0.1, 0.15) is 5.82 Å². The lowest BCUT2D eigenvalue weighted by molar-refractivity contribution is 0.0746. The van der Waals surface area contributed by atoms with E-state index < -0.39 is 5.82 Å². The second kappa shape index (κ2) is 6.48. The molecule has 0 bridgehead atoms. The van der Waals surface area contributed by atoms with Gasteiger partial charge in [-0.05, 0) is 44.5 Å². The molecule has 1 unspecified atom stereocenters. The van der Waals surface area contributed by atoms with Gasteiger partial charge in [0.15, 0.2) is 0 Å². The Morgan fingerprint density at radius 2 is 2.37 bits per heavy atom. The van der Waals surface area contributed by atoms with Crippen molar-refractivity contribution in [1.82, 2.24) is 10.2 Å². The number of benzene rings is 1. The summed E-state index contributed by atoms with van der Waals surface area (Å²) in [4.78, 5) is 14.1. The maximum Gasteiger partial charge on any atom is 0.256 e. The van der Waals surface area contributed by atoms with Crippen LogP contribution in [0.5, 0.6) is 0 Å². The highest BCUT2D eigenvalue weighted by molar-refractivity contribution is 9.10. The monoisotopic (exact) mass is 328 g/mol. The number of nitrogens with zero attached hydrogens (tertiary/aromatic N) is 1. The van der Waals surface area contributed by atoms with Crippen LogP contribution in [-0.4, -0.2) is 36.5 Å². The SMILES string of the molecule is CCN(CC1CCCN1)C(=O)c1cc(Br)ccc1F. The molecule has 1 fully saturated rings. The minimum Gasteiger partial charge on any atom is -0.337 e. The summed E-state index contributed by atoms with van der Waals surface area (Å²) in [6, 6.07) is 4.79. The fourth-order valence-corrected chi connectivity index (χ4v) is 2.73. The number of hydrogen-bond donors (Lipinski definition) is 1. The molecular formula is C14H18BrFN2O. The quantitative estimate of drug-likeness (QED) is 0.921. The zero-order chi connectivity index (χ0) is 13.8. The van der Waals surface area contributed by atoms with Crippen LogP contribution in [0.1, 0.15) is 30.1 Å². The van der Waals surface area contributed by atoms with Gasteiger partial charge in [0.25, 0.3) is 5.91 Å². The summed E-state index contributed by atoms with van der Waals surface area (Å²) in [5.74, 6) is -0.707. The fraction of sp³-hybridized carbons (Fsp3) is 0.500. The van der Waals surface area contributed by atoms with Gasteiger partial charge in [-0.1, -0.05) is 15.9 Å². The lowest BCUT2D eigenvalue weighted by Crippen LogP contribution is -2.41. The van der Waals surface area contributed by atoms with Crippen molar-refractivity contribution >= 4 is 21.8 Å². The first-order valence-corrected chi connectivity index (χ1v) is 7.39. The summed E-state index contributed by atoms with van der Waals surface area (Å²) in [6.07, 6.45) is 2.21. The Morgan fingerprint density at radius 1 is 1.58 bits per heavy atom. The maximum atomic E-state index is 13.7. The molecule has 0 aromatic heterocycles. The molecule has 0 radical (unpaired) electrons. The van der Waals surface area contributed by atoms with Crippen molar-refractivity contribution in [3.05, 3.63) is 34.1 Å². The third-order valence-corrected chi connectivity index (χ3v) is 3.92. The average Bonchev–Trinajstić information content (AvgIpc) is 2.91. The Bertz CT molecular complexity index is 461. The van der Waals surface area contributed by atoms with Crippen LogP contribution in [0.3, 0.4) is 0 Å². The highest BCUT2D eigenvalue weighted by atomic mass is 79.9. The summed E-state index contributed by atoms with van der Waals surface area (Å²) >= 11 is 3.27. The lowest BCUT2D eigenvalue weighted by Gasteiger charge is -2.24.